The highest BCUT2D eigenvalue weighted by molar-refractivity contribution is 5.69. The molecule has 2 atom stereocenters. The largest absolute Gasteiger partial charge is 0.444 e. The van der Waals surface area contributed by atoms with Gasteiger partial charge in [-0.25, -0.2) is 4.79 Å². The Bertz CT molecular complexity index is 178. The molecule has 2 aliphatic heterocycles. The summed E-state index contributed by atoms with van der Waals surface area (Å²) in [5.74, 6) is 0.512. The zero-order valence-corrected chi connectivity index (χ0v) is 7.01. The Morgan fingerprint density at radius 1 is 1.42 bits per heavy atom. The number of amides is 1. The summed E-state index contributed by atoms with van der Waals surface area (Å²) in [6.45, 7) is 2.77. The zero-order chi connectivity index (χ0) is 8.39. The number of hydrogen-bond acceptors (Lipinski definition) is 3. The van der Waals surface area contributed by atoms with Gasteiger partial charge in [0.25, 0.3) is 0 Å². The van der Waals surface area contributed by atoms with Crippen molar-refractivity contribution in [1.82, 2.24) is 10.6 Å². The topological polar surface area (TPSA) is 50.4 Å². The first-order valence-electron chi connectivity index (χ1n) is 4.51. The van der Waals surface area contributed by atoms with Crippen LogP contribution < -0.4 is 10.6 Å². The van der Waals surface area contributed by atoms with Crippen molar-refractivity contribution < 1.29 is 9.53 Å². The smallest absolute Gasteiger partial charge is 0.407 e. The molecule has 0 aliphatic carbocycles. The third-order valence-corrected chi connectivity index (χ3v) is 2.57. The minimum Gasteiger partial charge on any atom is -0.444 e. The van der Waals surface area contributed by atoms with Gasteiger partial charge in [0.15, 0.2) is 0 Å². The summed E-state index contributed by atoms with van der Waals surface area (Å²) in [5, 5.41) is 5.99. The SMILES string of the molecule is O=C1NCC(C2CCCNC2)O1. The van der Waals surface area contributed by atoms with Gasteiger partial charge < -0.3 is 15.4 Å². The van der Waals surface area contributed by atoms with E-state index in [0.717, 1.165) is 13.1 Å². The van der Waals surface area contributed by atoms with Gasteiger partial charge >= 0.3 is 6.09 Å². The Morgan fingerprint density at radius 2 is 2.33 bits per heavy atom. The number of carbonyl (C=O) groups is 1. The second kappa shape index (κ2) is 3.31. The van der Waals surface area contributed by atoms with Gasteiger partial charge in [0, 0.05) is 12.5 Å². The summed E-state index contributed by atoms with van der Waals surface area (Å²) in [7, 11) is 0. The van der Waals surface area contributed by atoms with E-state index in [1.165, 1.54) is 12.8 Å². The maximum atomic E-state index is 10.7. The lowest BCUT2D eigenvalue weighted by atomic mass is 9.94. The van der Waals surface area contributed by atoms with E-state index in [-0.39, 0.29) is 12.2 Å². The summed E-state index contributed by atoms with van der Waals surface area (Å²) in [4.78, 5) is 10.7. The van der Waals surface area contributed by atoms with Gasteiger partial charge in [-0.3, -0.25) is 0 Å². The molecule has 0 aromatic heterocycles. The predicted molar refractivity (Wildman–Crippen MR) is 43.9 cm³/mol. The van der Waals surface area contributed by atoms with Crippen molar-refractivity contribution in [2.75, 3.05) is 19.6 Å². The molecule has 68 valence electrons. The molecule has 2 saturated heterocycles. The Balaban J connectivity index is 1.86. The second-order valence-electron chi connectivity index (χ2n) is 3.43. The van der Waals surface area contributed by atoms with Crippen LogP contribution in [-0.2, 0) is 4.74 Å². The quantitative estimate of drug-likeness (QED) is 0.586. The van der Waals surface area contributed by atoms with Crippen LogP contribution in [0.4, 0.5) is 4.79 Å². The fourth-order valence-electron chi connectivity index (χ4n) is 1.86. The minimum atomic E-state index is -0.259. The number of ether oxygens (including phenoxy) is 1. The van der Waals surface area contributed by atoms with Gasteiger partial charge in [0.2, 0.25) is 0 Å². The standard InChI is InChI=1S/C8H14N2O2/c11-8-10-5-7(12-8)6-2-1-3-9-4-6/h6-7,9H,1-5H2,(H,10,11). The molecule has 1 amide bonds. The predicted octanol–water partition coefficient (Wildman–Crippen LogP) is 0.0944. The molecular weight excluding hydrogens is 156 g/mol. The van der Waals surface area contributed by atoms with Gasteiger partial charge in [-0.15, -0.1) is 0 Å². The maximum Gasteiger partial charge on any atom is 0.407 e. The van der Waals surface area contributed by atoms with Crippen LogP contribution in [0.3, 0.4) is 0 Å². The Labute approximate surface area is 71.7 Å². The molecule has 0 bridgehead atoms. The molecule has 12 heavy (non-hydrogen) atoms. The summed E-state index contributed by atoms with van der Waals surface area (Å²) >= 11 is 0. The number of carbonyl (C=O) groups excluding carboxylic acids is 1. The zero-order valence-electron chi connectivity index (χ0n) is 7.01. The Hall–Kier alpha value is -0.770. The third-order valence-electron chi connectivity index (χ3n) is 2.57. The van der Waals surface area contributed by atoms with Gasteiger partial charge in [-0.05, 0) is 19.4 Å². The molecule has 0 radical (unpaired) electrons. The number of alkyl carbamates (subject to hydrolysis) is 1. The molecule has 2 heterocycles. The fourth-order valence-corrected chi connectivity index (χ4v) is 1.86. The van der Waals surface area contributed by atoms with Crippen molar-refractivity contribution in [2.45, 2.75) is 18.9 Å². The highest BCUT2D eigenvalue weighted by Crippen LogP contribution is 2.19. The number of nitrogens with one attached hydrogen (secondary N) is 2. The van der Waals surface area contributed by atoms with E-state index >= 15 is 0 Å². The fraction of sp³-hybridized carbons (Fsp3) is 0.875. The first-order valence-corrected chi connectivity index (χ1v) is 4.51. The second-order valence-corrected chi connectivity index (χ2v) is 3.43. The van der Waals surface area contributed by atoms with Crippen LogP contribution >= 0.6 is 0 Å². The van der Waals surface area contributed by atoms with E-state index in [0.29, 0.717) is 12.5 Å². The lowest BCUT2D eigenvalue weighted by Gasteiger charge is -2.25. The van der Waals surface area contributed by atoms with Crippen LogP contribution in [0.15, 0.2) is 0 Å². The number of piperidine rings is 1. The van der Waals surface area contributed by atoms with E-state index < -0.39 is 0 Å². The number of hydrogen-bond donors (Lipinski definition) is 2. The maximum absolute atomic E-state index is 10.7. The molecule has 0 aromatic carbocycles. The number of rotatable bonds is 1. The molecule has 0 spiro atoms. The van der Waals surface area contributed by atoms with E-state index in [1.807, 2.05) is 0 Å². The Kier molecular flexibility index (Phi) is 2.17. The molecule has 2 unspecified atom stereocenters. The summed E-state index contributed by atoms with van der Waals surface area (Å²) < 4.78 is 5.11. The molecule has 4 heteroatoms. The molecule has 2 aliphatic rings. The van der Waals surface area contributed by atoms with E-state index in [2.05, 4.69) is 10.6 Å². The van der Waals surface area contributed by atoms with Crippen molar-refractivity contribution in [3.8, 4) is 0 Å². The normalized spacial score (nSPS) is 35.8. The Morgan fingerprint density at radius 3 is 2.92 bits per heavy atom. The van der Waals surface area contributed by atoms with E-state index in [9.17, 15) is 4.79 Å². The monoisotopic (exact) mass is 170 g/mol. The first-order chi connectivity index (χ1) is 5.86. The van der Waals surface area contributed by atoms with E-state index in [1.54, 1.807) is 0 Å². The molecular formula is C8H14N2O2. The molecule has 2 rings (SSSR count). The summed E-state index contributed by atoms with van der Waals surface area (Å²) in [6.07, 6.45) is 2.21. The first kappa shape index (κ1) is 7.86. The van der Waals surface area contributed by atoms with Crippen molar-refractivity contribution >= 4 is 6.09 Å². The van der Waals surface area contributed by atoms with Crippen LogP contribution in [0.2, 0.25) is 0 Å². The van der Waals surface area contributed by atoms with Gasteiger partial charge in [-0.1, -0.05) is 0 Å². The van der Waals surface area contributed by atoms with Crippen LogP contribution in [0, 0.1) is 5.92 Å². The van der Waals surface area contributed by atoms with Gasteiger partial charge in [0.1, 0.15) is 6.10 Å². The highest BCUT2D eigenvalue weighted by atomic mass is 16.6. The van der Waals surface area contributed by atoms with Crippen molar-refractivity contribution in [3.63, 3.8) is 0 Å². The molecule has 4 nitrogen and oxygen atoms in total. The third kappa shape index (κ3) is 1.53. The minimum absolute atomic E-state index is 0.102. The average Bonchev–Trinajstić information content (AvgIpc) is 2.54. The summed E-state index contributed by atoms with van der Waals surface area (Å²) in [5.41, 5.74) is 0. The highest BCUT2D eigenvalue weighted by Gasteiger charge is 2.31. The number of cyclic esters (lactones) is 1. The molecule has 2 N–H and O–H groups in total. The van der Waals surface area contributed by atoms with E-state index in [4.69, 9.17) is 4.74 Å². The molecule has 0 saturated carbocycles. The van der Waals surface area contributed by atoms with Crippen LogP contribution in [0.25, 0.3) is 0 Å². The van der Waals surface area contributed by atoms with Crippen LogP contribution in [0.5, 0.6) is 0 Å². The van der Waals surface area contributed by atoms with Crippen molar-refractivity contribution in [3.05, 3.63) is 0 Å². The van der Waals surface area contributed by atoms with Gasteiger partial charge in [-0.2, -0.15) is 0 Å². The molecule has 0 aromatic rings. The average molecular weight is 170 g/mol. The van der Waals surface area contributed by atoms with Gasteiger partial charge in [0.05, 0.1) is 6.54 Å². The van der Waals surface area contributed by atoms with Crippen molar-refractivity contribution in [1.29, 1.82) is 0 Å². The van der Waals surface area contributed by atoms with Crippen LogP contribution in [-0.4, -0.2) is 31.8 Å². The molecule has 2 fully saturated rings. The summed E-state index contributed by atoms with van der Waals surface area (Å²) in [6, 6.07) is 0. The lowest BCUT2D eigenvalue weighted by Crippen LogP contribution is -2.38. The van der Waals surface area contributed by atoms with Crippen LogP contribution in [0.1, 0.15) is 12.8 Å². The van der Waals surface area contributed by atoms with Crippen molar-refractivity contribution in [2.24, 2.45) is 5.92 Å². The lowest BCUT2D eigenvalue weighted by molar-refractivity contribution is 0.0940.